The van der Waals surface area contributed by atoms with Gasteiger partial charge in [0.05, 0.1) is 12.0 Å². The van der Waals surface area contributed by atoms with Gasteiger partial charge in [0.15, 0.2) is 6.10 Å². The molecular formula is C16H17NO10. The number of non-ortho nitro benzene ring substituents is 1. The monoisotopic (exact) mass is 383 g/mol. The van der Waals surface area contributed by atoms with E-state index >= 15 is 0 Å². The number of nitro groups is 1. The van der Waals surface area contributed by atoms with E-state index in [1.54, 1.807) is 0 Å². The van der Waals surface area contributed by atoms with Crippen molar-refractivity contribution in [2.24, 2.45) is 0 Å². The molecule has 0 spiro atoms. The Hall–Kier alpha value is -3.21. The van der Waals surface area contributed by atoms with Crippen LogP contribution in [0.25, 0.3) is 0 Å². The summed E-state index contributed by atoms with van der Waals surface area (Å²) in [7, 11) is 1.17. The molecule has 146 valence electrons. The zero-order valence-electron chi connectivity index (χ0n) is 14.5. The van der Waals surface area contributed by atoms with Crippen LogP contribution in [0, 0.1) is 10.1 Å². The van der Waals surface area contributed by atoms with Crippen molar-refractivity contribution in [2.45, 2.75) is 38.3 Å². The number of esters is 2. The number of carbonyl (C=O) groups is 3. The molecule has 0 aromatic heterocycles. The predicted octanol–water partition coefficient (Wildman–Crippen LogP) is 1.72. The minimum Gasteiger partial charge on any atom is -0.467 e. The Labute approximate surface area is 153 Å². The molecule has 0 saturated carbocycles. The van der Waals surface area contributed by atoms with Crippen LogP contribution >= 0.6 is 0 Å². The molecule has 1 aromatic carbocycles. The van der Waals surface area contributed by atoms with Crippen LogP contribution < -0.4 is 4.74 Å². The van der Waals surface area contributed by atoms with Crippen LogP contribution in [-0.2, 0) is 28.5 Å². The minimum absolute atomic E-state index is 0.00242. The summed E-state index contributed by atoms with van der Waals surface area (Å²) in [6.07, 6.45) is -4.09. The zero-order valence-corrected chi connectivity index (χ0v) is 14.5. The van der Waals surface area contributed by atoms with Crippen molar-refractivity contribution in [2.75, 3.05) is 7.11 Å². The number of ether oxygens (including phenoxy) is 5. The molecule has 1 aliphatic heterocycles. The molecule has 2 rings (SSSR count). The zero-order chi connectivity index (χ0) is 20.0. The van der Waals surface area contributed by atoms with Crippen LogP contribution in [0.5, 0.6) is 5.75 Å². The van der Waals surface area contributed by atoms with E-state index in [1.807, 2.05) is 0 Å². The summed E-state index contributed by atoms with van der Waals surface area (Å²) in [4.78, 5) is 44.7. The smallest absolute Gasteiger partial charge is 0.467 e. The lowest BCUT2D eigenvalue weighted by Gasteiger charge is -2.32. The van der Waals surface area contributed by atoms with Gasteiger partial charge < -0.3 is 23.7 Å². The highest BCUT2D eigenvalue weighted by Crippen LogP contribution is 2.25. The van der Waals surface area contributed by atoms with Gasteiger partial charge in [-0.05, 0) is 12.1 Å². The lowest BCUT2D eigenvalue weighted by Crippen LogP contribution is -2.44. The fourth-order valence-corrected chi connectivity index (χ4v) is 2.40. The van der Waals surface area contributed by atoms with E-state index in [9.17, 15) is 24.5 Å². The van der Waals surface area contributed by atoms with E-state index in [1.165, 1.54) is 26.2 Å². The molecule has 11 heteroatoms. The predicted molar refractivity (Wildman–Crippen MR) is 85.7 cm³/mol. The van der Waals surface area contributed by atoms with Gasteiger partial charge in [-0.1, -0.05) is 0 Å². The van der Waals surface area contributed by atoms with E-state index in [0.29, 0.717) is 0 Å². The second-order valence-corrected chi connectivity index (χ2v) is 5.50. The highest BCUT2D eigenvalue weighted by atomic mass is 16.8. The summed E-state index contributed by atoms with van der Waals surface area (Å²) < 4.78 is 24.9. The minimum atomic E-state index is -1.21. The highest BCUT2D eigenvalue weighted by molar-refractivity contribution is 5.75. The molecule has 1 heterocycles. The summed E-state index contributed by atoms with van der Waals surface area (Å²) in [5.41, 5.74) is -0.170. The van der Waals surface area contributed by atoms with Crippen LogP contribution in [-0.4, -0.2) is 48.6 Å². The fourth-order valence-electron chi connectivity index (χ4n) is 2.40. The number of nitrogens with zero attached hydrogens (tertiary/aromatic N) is 1. The third-order valence-electron chi connectivity index (χ3n) is 3.52. The first-order chi connectivity index (χ1) is 12.8. The van der Waals surface area contributed by atoms with Gasteiger partial charge in [0.25, 0.3) is 5.69 Å². The molecule has 0 amide bonds. The number of hydrogen-bond acceptors (Lipinski definition) is 10. The third-order valence-corrected chi connectivity index (χ3v) is 3.52. The maximum Gasteiger partial charge on any atom is 0.516 e. The van der Waals surface area contributed by atoms with E-state index in [4.69, 9.17) is 18.9 Å². The van der Waals surface area contributed by atoms with Gasteiger partial charge in [-0.3, -0.25) is 14.9 Å². The van der Waals surface area contributed by atoms with E-state index < -0.39 is 41.5 Å². The number of rotatable bonds is 5. The summed E-state index contributed by atoms with van der Waals surface area (Å²) in [6.45, 7) is 1.21. The average molecular weight is 383 g/mol. The van der Waals surface area contributed by atoms with Gasteiger partial charge in [-0.2, -0.15) is 0 Å². The van der Waals surface area contributed by atoms with Crippen molar-refractivity contribution in [3.05, 3.63) is 34.4 Å². The topological polar surface area (TPSA) is 140 Å². The van der Waals surface area contributed by atoms with Gasteiger partial charge in [0.1, 0.15) is 11.9 Å². The van der Waals surface area contributed by atoms with E-state index in [-0.39, 0.29) is 24.3 Å². The Kier molecular flexibility index (Phi) is 6.66. The fraction of sp³-hybridized carbons (Fsp3) is 0.438. The molecular weight excluding hydrogens is 366 g/mol. The van der Waals surface area contributed by atoms with E-state index in [2.05, 4.69) is 4.74 Å². The quantitative estimate of drug-likeness (QED) is 0.242. The van der Waals surface area contributed by atoms with Crippen LogP contribution in [0.1, 0.15) is 19.8 Å². The highest BCUT2D eigenvalue weighted by Gasteiger charge is 2.38. The summed E-state index contributed by atoms with van der Waals surface area (Å²) in [5.74, 6) is -1.25. The Balaban J connectivity index is 1.98. The first kappa shape index (κ1) is 20.1. The summed E-state index contributed by atoms with van der Waals surface area (Å²) in [5, 5.41) is 10.6. The first-order valence-corrected chi connectivity index (χ1v) is 7.82. The molecule has 0 N–H and O–H groups in total. The largest absolute Gasteiger partial charge is 0.516 e. The number of hydrogen-bond donors (Lipinski definition) is 0. The molecule has 0 radical (unpaired) electrons. The molecule has 1 fully saturated rings. The number of benzene rings is 1. The number of carbonyl (C=O) groups excluding carboxylic acids is 3. The molecule has 11 nitrogen and oxygen atoms in total. The lowest BCUT2D eigenvalue weighted by molar-refractivity contribution is -0.384. The Morgan fingerprint density at radius 3 is 2.37 bits per heavy atom. The summed E-state index contributed by atoms with van der Waals surface area (Å²) >= 11 is 0. The molecule has 3 atom stereocenters. The number of nitro benzene ring substituents is 1. The normalized spacial score (nSPS) is 21.6. The second kappa shape index (κ2) is 8.94. The van der Waals surface area contributed by atoms with Gasteiger partial charge in [0, 0.05) is 31.9 Å². The average Bonchev–Trinajstić information content (AvgIpc) is 2.60. The Morgan fingerprint density at radius 1 is 1.15 bits per heavy atom. The standard InChI is InChI=1S/C16H17NO10/c1-9(18)24-12-7-13(15(19)23-2)26-14(8-12)27-16(20)25-11-5-3-10(4-6-11)17(21)22/h3-6,12-14H,7-8H2,1-2H3/t12?,13-,14?/m0/s1. The molecule has 0 bridgehead atoms. The Bertz CT molecular complexity index is 716. The summed E-state index contributed by atoms with van der Waals surface area (Å²) in [6, 6.07) is 4.76. The van der Waals surface area contributed by atoms with Crippen LogP contribution in [0.3, 0.4) is 0 Å². The molecule has 1 aliphatic rings. The lowest BCUT2D eigenvalue weighted by atomic mass is 10.0. The van der Waals surface area contributed by atoms with Gasteiger partial charge in [-0.25, -0.2) is 9.59 Å². The molecule has 1 saturated heterocycles. The maximum atomic E-state index is 11.9. The molecule has 0 aliphatic carbocycles. The van der Waals surface area contributed by atoms with Crippen molar-refractivity contribution >= 4 is 23.8 Å². The first-order valence-electron chi connectivity index (χ1n) is 7.82. The van der Waals surface area contributed by atoms with Gasteiger partial charge in [-0.15, -0.1) is 0 Å². The van der Waals surface area contributed by atoms with Crippen LogP contribution in [0.15, 0.2) is 24.3 Å². The second-order valence-electron chi connectivity index (χ2n) is 5.50. The Morgan fingerprint density at radius 2 is 1.81 bits per heavy atom. The van der Waals surface area contributed by atoms with Gasteiger partial charge >= 0.3 is 18.1 Å². The molecule has 27 heavy (non-hydrogen) atoms. The van der Waals surface area contributed by atoms with Crippen molar-refractivity contribution < 1.29 is 43.0 Å². The van der Waals surface area contributed by atoms with Crippen molar-refractivity contribution in [1.82, 2.24) is 0 Å². The van der Waals surface area contributed by atoms with Crippen LogP contribution in [0.2, 0.25) is 0 Å². The van der Waals surface area contributed by atoms with E-state index in [0.717, 1.165) is 12.1 Å². The van der Waals surface area contributed by atoms with Crippen LogP contribution in [0.4, 0.5) is 10.5 Å². The van der Waals surface area contributed by atoms with Crippen molar-refractivity contribution in [3.8, 4) is 5.75 Å². The van der Waals surface area contributed by atoms with Crippen molar-refractivity contribution in [1.29, 1.82) is 0 Å². The number of methoxy groups -OCH3 is 1. The van der Waals surface area contributed by atoms with Gasteiger partial charge in [0.2, 0.25) is 6.29 Å². The molecule has 1 aromatic rings. The SMILES string of the molecule is COC(=O)[C@@H]1CC(OC(C)=O)CC(OC(=O)Oc2ccc([N+](=O)[O-])cc2)O1. The third kappa shape index (κ3) is 5.92. The van der Waals surface area contributed by atoms with Crippen molar-refractivity contribution in [3.63, 3.8) is 0 Å². The molecule has 2 unspecified atom stereocenters. The maximum absolute atomic E-state index is 11.9.